The molecule has 1 saturated heterocycles. The van der Waals surface area contributed by atoms with Gasteiger partial charge in [-0.05, 0) is 62.6 Å². The number of hydrogen-bond acceptors (Lipinski definition) is 2. The van der Waals surface area contributed by atoms with Gasteiger partial charge in [0.25, 0.3) is 0 Å². The van der Waals surface area contributed by atoms with Crippen LogP contribution < -0.4 is 5.32 Å². The summed E-state index contributed by atoms with van der Waals surface area (Å²) in [6, 6.07) is 11.2. The van der Waals surface area contributed by atoms with Crippen LogP contribution in [0, 0.1) is 10.8 Å². The van der Waals surface area contributed by atoms with Gasteiger partial charge in [-0.3, -0.25) is 9.69 Å². The van der Waals surface area contributed by atoms with E-state index < -0.39 is 0 Å². The largest absolute Gasteiger partial charge is 0.353 e. The van der Waals surface area contributed by atoms with Crippen molar-refractivity contribution in [2.45, 2.75) is 58.0 Å². The molecule has 1 aliphatic heterocycles. The first kappa shape index (κ1) is 15.2. The molecule has 23 heavy (non-hydrogen) atoms. The predicted molar refractivity (Wildman–Crippen MR) is 91.9 cm³/mol. The van der Waals surface area contributed by atoms with Crippen molar-refractivity contribution in [1.82, 2.24) is 10.2 Å². The van der Waals surface area contributed by atoms with Crippen molar-refractivity contribution in [2.75, 3.05) is 13.1 Å². The molecular formula is C20H28N2O. The van der Waals surface area contributed by atoms with Gasteiger partial charge in [0, 0.05) is 18.0 Å². The number of hydrogen-bond donors (Lipinski definition) is 1. The molecule has 3 nitrogen and oxygen atoms in total. The molecule has 3 fully saturated rings. The number of nitrogens with zero attached hydrogens (tertiary/aromatic N) is 1. The molecule has 3 heteroatoms. The Bertz CT molecular complexity index is 563. The Kier molecular flexibility index (Phi) is 3.72. The van der Waals surface area contributed by atoms with Gasteiger partial charge in [0.15, 0.2) is 0 Å². The topological polar surface area (TPSA) is 32.3 Å². The summed E-state index contributed by atoms with van der Waals surface area (Å²) in [5, 5.41) is 3.29. The molecule has 1 amide bonds. The molecule has 1 N–H and O–H groups in total. The van der Waals surface area contributed by atoms with Gasteiger partial charge >= 0.3 is 0 Å². The number of piperidine rings is 1. The molecule has 124 valence electrons. The van der Waals surface area contributed by atoms with Crippen LogP contribution in [0.1, 0.15) is 51.0 Å². The zero-order chi connectivity index (χ0) is 15.9. The highest BCUT2D eigenvalue weighted by atomic mass is 16.2. The summed E-state index contributed by atoms with van der Waals surface area (Å²) in [5.41, 5.74) is 1.91. The minimum absolute atomic E-state index is 0.0260. The van der Waals surface area contributed by atoms with Crippen molar-refractivity contribution in [1.29, 1.82) is 0 Å². The average molecular weight is 312 g/mol. The number of carbonyl (C=O) groups is 1. The smallest absolute Gasteiger partial charge is 0.226 e. The van der Waals surface area contributed by atoms with E-state index in [0.717, 1.165) is 19.4 Å². The number of benzene rings is 1. The molecule has 3 aliphatic rings. The Morgan fingerprint density at radius 3 is 2.39 bits per heavy atom. The number of likely N-dealkylation sites (tertiary alicyclic amines) is 1. The molecule has 0 unspecified atom stereocenters. The fourth-order valence-electron chi connectivity index (χ4n) is 4.30. The minimum Gasteiger partial charge on any atom is -0.353 e. The zero-order valence-electron chi connectivity index (χ0n) is 14.2. The fraction of sp³-hybridized carbons (Fsp3) is 0.650. The summed E-state index contributed by atoms with van der Waals surface area (Å²) in [4.78, 5) is 14.7. The van der Waals surface area contributed by atoms with Gasteiger partial charge in [-0.2, -0.15) is 0 Å². The number of nitrogens with one attached hydrogen (secondary N) is 1. The Morgan fingerprint density at radius 2 is 1.78 bits per heavy atom. The third-order valence-electron chi connectivity index (χ3n) is 6.41. The molecule has 1 aromatic rings. The van der Waals surface area contributed by atoms with Crippen LogP contribution >= 0.6 is 0 Å². The van der Waals surface area contributed by atoms with E-state index in [9.17, 15) is 4.79 Å². The maximum absolute atomic E-state index is 12.1. The van der Waals surface area contributed by atoms with Crippen molar-refractivity contribution in [2.24, 2.45) is 10.8 Å². The highest BCUT2D eigenvalue weighted by Crippen LogP contribution is 2.50. The third kappa shape index (κ3) is 3.16. The number of carbonyl (C=O) groups excluding carboxylic acids is 1. The summed E-state index contributed by atoms with van der Waals surface area (Å²) in [7, 11) is 0. The first-order chi connectivity index (χ1) is 11.1. The highest BCUT2D eigenvalue weighted by molar-refractivity contribution is 5.85. The molecule has 4 rings (SSSR count). The van der Waals surface area contributed by atoms with Crippen molar-refractivity contribution in [3.8, 4) is 0 Å². The second-order valence-electron chi connectivity index (χ2n) is 8.40. The van der Waals surface area contributed by atoms with Crippen LogP contribution in [-0.2, 0) is 11.3 Å². The third-order valence-corrected chi connectivity index (χ3v) is 6.41. The van der Waals surface area contributed by atoms with Gasteiger partial charge in [-0.15, -0.1) is 0 Å². The molecule has 1 heterocycles. The number of rotatable bonds is 4. The molecule has 2 aliphatic carbocycles. The van der Waals surface area contributed by atoms with E-state index in [1.807, 2.05) is 0 Å². The van der Waals surface area contributed by atoms with Gasteiger partial charge in [-0.1, -0.05) is 37.3 Å². The van der Waals surface area contributed by atoms with E-state index in [2.05, 4.69) is 47.5 Å². The lowest BCUT2D eigenvalue weighted by molar-refractivity contribution is -0.128. The molecule has 1 spiro atoms. The van der Waals surface area contributed by atoms with Crippen molar-refractivity contribution in [3.05, 3.63) is 35.9 Å². The Morgan fingerprint density at radius 1 is 1.13 bits per heavy atom. The monoisotopic (exact) mass is 312 g/mol. The maximum atomic E-state index is 12.1. The van der Waals surface area contributed by atoms with E-state index in [-0.39, 0.29) is 5.41 Å². The molecule has 0 atom stereocenters. The van der Waals surface area contributed by atoms with Crippen molar-refractivity contribution >= 4 is 5.91 Å². The second kappa shape index (κ2) is 5.62. The average Bonchev–Trinajstić information content (AvgIpc) is 3.28. The Labute approximate surface area is 139 Å². The van der Waals surface area contributed by atoms with Crippen molar-refractivity contribution < 1.29 is 4.79 Å². The van der Waals surface area contributed by atoms with Crippen LogP contribution in [0.3, 0.4) is 0 Å². The van der Waals surface area contributed by atoms with Crippen LogP contribution in [0.2, 0.25) is 0 Å². The van der Waals surface area contributed by atoms with E-state index >= 15 is 0 Å². The maximum Gasteiger partial charge on any atom is 0.226 e. The normalized spacial score (nSPS) is 25.8. The lowest BCUT2D eigenvalue weighted by atomic mass is 9.60. The lowest BCUT2D eigenvalue weighted by Gasteiger charge is -2.52. The van der Waals surface area contributed by atoms with Crippen LogP contribution in [-0.4, -0.2) is 29.9 Å². The first-order valence-electron chi connectivity index (χ1n) is 9.14. The summed E-state index contributed by atoms with van der Waals surface area (Å²) >= 11 is 0. The fourth-order valence-corrected chi connectivity index (χ4v) is 4.30. The van der Waals surface area contributed by atoms with Crippen LogP contribution in [0.25, 0.3) is 0 Å². The second-order valence-corrected chi connectivity index (χ2v) is 8.40. The van der Waals surface area contributed by atoms with Crippen LogP contribution in [0.15, 0.2) is 30.3 Å². The van der Waals surface area contributed by atoms with Gasteiger partial charge in [-0.25, -0.2) is 0 Å². The molecule has 2 saturated carbocycles. The van der Waals surface area contributed by atoms with Crippen molar-refractivity contribution in [3.63, 3.8) is 0 Å². The Hall–Kier alpha value is -1.35. The Balaban J connectivity index is 1.22. The van der Waals surface area contributed by atoms with E-state index in [1.165, 1.54) is 44.3 Å². The molecule has 1 aromatic carbocycles. The standard InChI is InChI=1S/C20H28N2O/c1-19(7-8-19)18(23)21-17-13-20(14-17)9-11-22(12-10-20)15-16-5-3-2-4-6-16/h2-6,17H,7-15H2,1H3,(H,21,23). The van der Waals surface area contributed by atoms with Gasteiger partial charge in [0.1, 0.15) is 0 Å². The SMILES string of the molecule is CC1(C(=O)NC2CC3(CCN(Cc4ccccc4)CC3)C2)CC1. The minimum atomic E-state index is -0.0260. The van der Waals surface area contributed by atoms with Gasteiger partial charge < -0.3 is 5.32 Å². The van der Waals surface area contributed by atoms with Crippen LogP contribution in [0.4, 0.5) is 0 Å². The summed E-state index contributed by atoms with van der Waals surface area (Å²) in [6.07, 6.45) is 7.14. The van der Waals surface area contributed by atoms with Gasteiger partial charge in [0.05, 0.1) is 0 Å². The zero-order valence-corrected chi connectivity index (χ0v) is 14.2. The molecule has 0 radical (unpaired) electrons. The predicted octanol–water partition coefficient (Wildman–Crippen LogP) is 3.35. The summed E-state index contributed by atoms with van der Waals surface area (Å²) in [6.45, 7) is 5.58. The number of amides is 1. The van der Waals surface area contributed by atoms with Gasteiger partial charge in [0.2, 0.25) is 5.91 Å². The van der Waals surface area contributed by atoms with E-state index in [1.54, 1.807) is 0 Å². The van der Waals surface area contributed by atoms with E-state index in [0.29, 0.717) is 17.4 Å². The summed E-state index contributed by atoms with van der Waals surface area (Å²) in [5.74, 6) is 0.305. The molecule has 0 aromatic heterocycles. The highest BCUT2D eigenvalue weighted by Gasteiger charge is 2.50. The summed E-state index contributed by atoms with van der Waals surface area (Å²) < 4.78 is 0. The lowest BCUT2D eigenvalue weighted by Crippen LogP contribution is -2.55. The van der Waals surface area contributed by atoms with Crippen LogP contribution in [0.5, 0.6) is 0 Å². The van der Waals surface area contributed by atoms with E-state index in [4.69, 9.17) is 0 Å². The quantitative estimate of drug-likeness (QED) is 0.925. The molecular weight excluding hydrogens is 284 g/mol. The molecule has 0 bridgehead atoms. The first-order valence-corrected chi connectivity index (χ1v) is 9.14.